The van der Waals surface area contributed by atoms with E-state index in [1.165, 1.54) is 0 Å². The molecule has 0 aromatic rings. The molecule has 0 saturated carbocycles. The van der Waals surface area contributed by atoms with Gasteiger partial charge in [-0.15, -0.1) is 0 Å². The number of rotatable bonds is 5. The molecule has 1 fully saturated rings. The summed E-state index contributed by atoms with van der Waals surface area (Å²) in [7, 11) is -0.792. The molecule has 2 atom stereocenters. The van der Waals surface area contributed by atoms with E-state index in [1.807, 2.05) is 0 Å². The average Bonchev–Trinajstić information content (AvgIpc) is 2.39. The molecule has 0 spiro atoms. The zero-order valence-corrected chi connectivity index (χ0v) is 8.86. The quantitative estimate of drug-likeness (QED) is 0.447. The maximum absolute atomic E-state index is 11.1. The first kappa shape index (κ1) is 11.3. The van der Waals surface area contributed by atoms with Gasteiger partial charge in [-0.3, -0.25) is 19.1 Å². The molecule has 1 aliphatic heterocycles. The summed E-state index contributed by atoms with van der Waals surface area (Å²) in [5.41, 5.74) is 0. The van der Waals surface area contributed by atoms with Crippen molar-refractivity contribution >= 4 is 22.6 Å². The normalized spacial score (nSPS) is 23.6. The highest BCUT2D eigenvalue weighted by molar-refractivity contribution is 7.84. The van der Waals surface area contributed by atoms with E-state index in [4.69, 9.17) is 0 Å². The first-order valence-corrected chi connectivity index (χ1v) is 6.19. The second-order valence-corrected chi connectivity index (χ2v) is 4.81. The fraction of sp³-hybridized carbons (Fsp3) is 0.750. The van der Waals surface area contributed by atoms with Gasteiger partial charge >= 0.3 is 0 Å². The third-order valence-corrected chi connectivity index (χ3v) is 2.83. The number of carbonyl (C=O) groups excluding carboxylic acids is 2. The Kier molecular flexibility index (Phi) is 4.21. The van der Waals surface area contributed by atoms with Gasteiger partial charge in [0.15, 0.2) is 0 Å². The van der Waals surface area contributed by atoms with Crippen LogP contribution in [0.15, 0.2) is 0 Å². The zero-order valence-electron chi connectivity index (χ0n) is 8.04. The van der Waals surface area contributed by atoms with Gasteiger partial charge in [-0.2, -0.15) is 0 Å². The minimum atomic E-state index is -0.792. The molecule has 80 valence electrons. The van der Waals surface area contributed by atoms with Gasteiger partial charge in [-0.05, 0) is 13.0 Å². The summed E-state index contributed by atoms with van der Waals surface area (Å²) in [4.78, 5) is 21.8. The molecule has 0 radical (unpaired) electrons. The number of hydrogen-bond acceptors (Lipinski definition) is 4. The van der Waals surface area contributed by atoms with Crippen molar-refractivity contribution in [2.45, 2.75) is 18.9 Å². The molecular formula is C8H14N2O3S. The summed E-state index contributed by atoms with van der Waals surface area (Å²) < 4.78 is 10.7. The zero-order chi connectivity index (χ0) is 10.6. The summed E-state index contributed by atoms with van der Waals surface area (Å²) in [6.45, 7) is 0.616. The highest BCUT2D eigenvalue weighted by Gasteiger charge is 2.29. The first-order chi connectivity index (χ1) is 6.59. The van der Waals surface area contributed by atoms with E-state index in [0.717, 1.165) is 6.42 Å². The molecule has 1 saturated heterocycles. The number of imide groups is 1. The van der Waals surface area contributed by atoms with E-state index in [1.54, 1.807) is 6.26 Å². The van der Waals surface area contributed by atoms with E-state index in [-0.39, 0.29) is 18.2 Å². The largest absolute Gasteiger partial charge is 0.305 e. The van der Waals surface area contributed by atoms with Crippen LogP contribution in [0.25, 0.3) is 0 Å². The molecule has 0 bridgehead atoms. The van der Waals surface area contributed by atoms with Crippen LogP contribution in [0.4, 0.5) is 0 Å². The Morgan fingerprint density at radius 3 is 2.79 bits per heavy atom. The van der Waals surface area contributed by atoms with E-state index in [2.05, 4.69) is 10.6 Å². The molecule has 2 N–H and O–H groups in total. The van der Waals surface area contributed by atoms with Gasteiger partial charge < -0.3 is 5.32 Å². The monoisotopic (exact) mass is 218 g/mol. The van der Waals surface area contributed by atoms with Crippen LogP contribution in [-0.2, 0) is 20.4 Å². The van der Waals surface area contributed by atoms with Crippen molar-refractivity contribution in [3.8, 4) is 0 Å². The smallest absolute Gasteiger partial charge is 0.244 e. The molecule has 1 heterocycles. The van der Waals surface area contributed by atoms with Crippen molar-refractivity contribution < 1.29 is 13.8 Å². The van der Waals surface area contributed by atoms with Crippen molar-refractivity contribution in [3.63, 3.8) is 0 Å². The van der Waals surface area contributed by atoms with Crippen molar-refractivity contribution in [2.75, 3.05) is 18.6 Å². The molecule has 14 heavy (non-hydrogen) atoms. The van der Waals surface area contributed by atoms with Crippen molar-refractivity contribution in [1.29, 1.82) is 0 Å². The minimum absolute atomic E-state index is 0.216. The Balaban J connectivity index is 2.16. The van der Waals surface area contributed by atoms with E-state index in [9.17, 15) is 13.8 Å². The van der Waals surface area contributed by atoms with Crippen molar-refractivity contribution in [2.24, 2.45) is 0 Å². The number of hydrogen-bond donors (Lipinski definition) is 2. The lowest BCUT2D eigenvalue weighted by atomic mass is 10.2. The lowest BCUT2D eigenvalue weighted by Gasteiger charge is -2.07. The Bertz CT molecular complexity index is 267. The molecule has 0 aliphatic carbocycles. The molecule has 2 amide bonds. The standard InChI is InChI=1S/C8H14N2O3S/c1-14(13)4-2-3-9-6-5-7(11)10-8(6)12/h6,9H,2-5H2,1H3,(H,10,11,12). The third-order valence-electron chi connectivity index (χ3n) is 1.97. The second-order valence-electron chi connectivity index (χ2n) is 3.25. The molecule has 0 aromatic carbocycles. The Morgan fingerprint density at radius 1 is 1.57 bits per heavy atom. The van der Waals surface area contributed by atoms with E-state index >= 15 is 0 Å². The van der Waals surface area contributed by atoms with Crippen LogP contribution in [0, 0.1) is 0 Å². The summed E-state index contributed by atoms with van der Waals surface area (Å²) in [6, 6.07) is -0.396. The molecule has 6 heteroatoms. The molecule has 1 rings (SSSR count). The molecule has 0 aromatic heterocycles. The highest BCUT2D eigenvalue weighted by Crippen LogP contribution is 2.00. The van der Waals surface area contributed by atoms with Gasteiger partial charge in [0.25, 0.3) is 0 Å². The van der Waals surface area contributed by atoms with E-state index in [0.29, 0.717) is 12.3 Å². The predicted molar refractivity (Wildman–Crippen MR) is 53.1 cm³/mol. The van der Waals surface area contributed by atoms with Gasteiger partial charge in [-0.1, -0.05) is 0 Å². The number of carbonyl (C=O) groups is 2. The molecule has 2 unspecified atom stereocenters. The van der Waals surface area contributed by atoms with Crippen LogP contribution in [0.5, 0.6) is 0 Å². The second kappa shape index (κ2) is 5.21. The van der Waals surface area contributed by atoms with Crippen LogP contribution >= 0.6 is 0 Å². The first-order valence-electron chi connectivity index (χ1n) is 4.46. The fourth-order valence-electron chi connectivity index (χ4n) is 1.27. The maximum atomic E-state index is 11.1. The van der Waals surface area contributed by atoms with Gasteiger partial charge in [0.05, 0.1) is 12.5 Å². The topological polar surface area (TPSA) is 75.3 Å². The van der Waals surface area contributed by atoms with Gasteiger partial charge in [0, 0.05) is 22.8 Å². The van der Waals surface area contributed by atoms with E-state index < -0.39 is 16.8 Å². The summed E-state index contributed by atoms with van der Waals surface area (Å²) in [5, 5.41) is 5.17. The number of nitrogens with one attached hydrogen (secondary N) is 2. The third kappa shape index (κ3) is 3.55. The maximum Gasteiger partial charge on any atom is 0.244 e. The summed E-state index contributed by atoms with van der Waals surface area (Å²) in [6.07, 6.45) is 2.61. The Morgan fingerprint density at radius 2 is 2.29 bits per heavy atom. The summed E-state index contributed by atoms with van der Waals surface area (Å²) >= 11 is 0. The van der Waals surface area contributed by atoms with Crippen molar-refractivity contribution in [3.05, 3.63) is 0 Å². The van der Waals surface area contributed by atoms with Crippen LogP contribution in [-0.4, -0.2) is 40.6 Å². The SMILES string of the molecule is CS(=O)CCCNC1CC(=O)NC1=O. The number of amides is 2. The van der Waals surface area contributed by atoms with Gasteiger partial charge in [-0.25, -0.2) is 0 Å². The lowest BCUT2D eigenvalue weighted by Crippen LogP contribution is -2.37. The molecule has 5 nitrogen and oxygen atoms in total. The lowest BCUT2D eigenvalue weighted by molar-refractivity contribution is -0.125. The van der Waals surface area contributed by atoms with Crippen molar-refractivity contribution in [1.82, 2.24) is 10.6 Å². The Labute approximate surface area is 85.1 Å². The van der Waals surface area contributed by atoms with Gasteiger partial charge in [0.1, 0.15) is 0 Å². The highest BCUT2D eigenvalue weighted by atomic mass is 32.2. The minimum Gasteiger partial charge on any atom is -0.305 e. The molecule has 1 aliphatic rings. The van der Waals surface area contributed by atoms with Crippen LogP contribution in [0.2, 0.25) is 0 Å². The fourth-order valence-corrected chi connectivity index (χ4v) is 1.82. The van der Waals surface area contributed by atoms with Crippen LogP contribution < -0.4 is 10.6 Å². The van der Waals surface area contributed by atoms with Gasteiger partial charge in [0.2, 0.25) is 11.8 Å². The van der Waals surface area contributed by atoms with Crippen LogP contribution in [0.3, 0.4) is 0 Å². The molecular weight excluding hydrogens is 204 g/mol. The average molecular weight is 218 g/mol. The predicted octanol–water partition coefficient (Wildman–Crippen LogP) is -1.24. The Hall–Kier alpha value is -0.750. The van der Waals surface area contributed by atoms with Crippen LogP contribution in [0.1, 0.15) is 12.8 Å². The summed E-state index contributed by atoms with van der Waals surface area (Å²) in [5.74, 6) is 0.133.